The molecule has 0 unspecified atom stereocenters. The van der Waals surface area contributed by atoms with Gasteiger partial charge in [-0.2, -0.15) is 0 Å². The number of anilines is 1. The molecule has 0 aromatic heterocycles. The van der Waals surface area contributed by atoms with E-state index < -0.39 is 11.8 Å². The van der Waals surface area contributed by atoms with Crippen LogP contribution in [0.2, 0.25) is 0 Å². The van der Waals surface area contributed by atoms with Crippen LogP contribution in [0.5, 0.6) is 5.75 Å². The smallest absolute Gasteiger partial charge is 0.270 e. The minimum atomic E-state index is -0.539. The first-order chi connectivity index (χ1) is 17.9. The summed E-state index contributed by atoms with van der Waals surface area (Å²) < 4.78 is 7.19. The number of nitrogens with one attached hydrogen (secondary N) is 1. The summed E-state index contributed by atoms with van der Waals surface area (Å²) in [5, 5.41) is 4.57. The van der Waals surface area contributed by atoms with Crippen LogP contribution >= 0.6 is 28.1 Å². The Bertz CT molecular complexity index is 1550. The van der Waals surface area contributed by atoms with Crippen molar-refractivity contribution in [3.63, 3.8) is 0 Å². The number of thiocarbonyl (C=S) groups is 1. The predicted octanol–water partition coefficient (Wildman–Crippen LogP) is 6.58. The number of carbonyl (C=O) groups excluding carboxylic acids is 2. The Balaban J connectivity index is 1.56. The van der Waals surface area contributed by atoms with Crippen LogP contribution < -0.4 is 15.0 Å². The molecule has 1 fully saturated rings. The van der Waals surface area contributed by atoms with Crippen LogP contribution in [0.4, 0.5) is 5.69 Å². The number of benzene rings is 4. The second-order valence-electron chi connectivity index (χ2n) is 8.59. The molecule has 0 saturated carbocycles. The molecule has 1 aliphatic heterocycles. The fourth-order valence-electron chi connectivity index (χ4n) is 4.21. The van der Waals surface area contributed by atoms with Gasteiger partial charge in [0, 0.05) is 10.0 Å². The molecular formula is C30H23BrN2O3S. The fraction of sp³-hybridized carbons (Fsp3) is 0.100. The fourth-order valence-corrected chi connectivity index (χ4v) is 4.75. The van der Waals surface area contributed by atoms with Gasteiger partial charge in [0.25, 0.3) is 11.8 Å². The van der Waals surface area contributed by atoms with Crippen LogP contribution in [0.1, 0.15) is 23.6 Å². The van der Waals surface area contributed by atoms with Crippen LogP contribution in [0.3, 0.4) is 0 Å². The summed E-state index contributed by atoms with van der Waals surface area (Å²) in [6, 6.07) is 27.1. The Labute approximate surface area is 228 Å². The Morgan fingerprint density at radius 3 is 2.35 bits per heavy atom. The minimum absolute atomic E-state index is 0.0157. The summed E-state index contributed by atoms with van der Waals surface area (Å²) in [6.07, 6.45) is 2.48. The molecule has 5 rings (SSSR count). The highest BCUT2D eigenvalue weighted by Crippen LogP contribution is 2.32. The predicted molar refractivity (Wildman–Crippen MR) is 154 cm³/mol. The second-order valence-corrected chi connectivity index (χ2v) is 9.89. The summed E-state index contributed by atoms with van der Waals surface area (Å²) in [7, 11) is 0. The van der Waals surface area contributed by atoms with Gasteiger partial charge in [-0.3, -0.25) is 19.8 Å². The molecule has 0 bridgehead atoms. The molecule has 1 heterocycles. The third-order valence-electron chi connectivity index (χ3n) is 6.23. The number of nitrogens with zero attached hydrogens (tertiary/aromatic N) is 1. The molecular weight excluding hydrogens is 548 g/mol. The number of halogens is 1. The number of fused-ring (bicyclic) bond motifs is 1. The van der Waals surface area contributed by atoms with E-state index in [-0.39, 0.29) is 10.7 Å². The zero-order chi connectivity index (χ0) is 25.9. The molecule has 1 aliphatic rings. The number of rotatable bonds is 6. The molecule has 1 saturated heterocycles. The zero-order valence-electron chi connectivity index (χ0n) is 20.0. The average molecular weight is 571 g/mol. The Hall–Kier alpha value is -3.81. The summed E-state index contributed by atoms with van der Waals surface area (Å²) in [4.78, 5) is 28.0. The molecule has 1 N–H and O–H groups in total. The third kappa shape index (κ3) is 5.19. The highest BCUT2D eigenvalue weighted by Gasteiger charge is 2.34. The van der Waals surface area contributed by atoms with Crippen molar-refractivity contribution in [1.82, 2.24) is 5.32 Å². The number of hydrogen-bond donors (Lipinski definition) is 1. The number of hydrogen-bond acceptors (Lipinski definition) is 4. The van der Waals surface area contributed by atoms with Crippen molar-refractivity contribution in [2.75, 3.05) is 4.90 Å². The van der Waals surface area contributed by atoms with Gasteiger partial charge in [0.05, 0.1) is 5.69 Å². The first-order valence-electron chi connectivity index (χ1n) is 11.8. The average Bonchev–Trinajstić information content (AvgIpc) is 2.91. The summed E-state index contributed by atoms with van der Waals surface area (Å²) in [5.41, 5.74) is 3.37. The number of carbonyl (C=O) groups is 2. The van der Waals surface area contributed by atoms with Crippen LogP contribution in [-0.4, -0.2) is 16.9 Å². The lowest BCUT2D eigenvalue weighted by atomic mass is 9.99. The van der Waals surface area contributed by atoms with E-state index in [0.29, 0.717) is 23.6 Å². The maximum atomic E-state index is 13.6. The first kappa shape index (κ1) is 24.9. The van der Waals surface area contributed by atoms with Crippen molar-refractivity contribution in [3.05, 3.63) is 112 Å². The van der Waals surface area contributed by atoms with Crippen molar-refractivity contribution < 1.29 is 14.3 Å². The Morgan fingerprint density at radius 1 is 0.919 bits per heavy atom. The number of ether oxygens (including phenoxy) is 1. The van der Waals surface area contributed by atoms with Crippen molar-refractivity contribution in [3.8, 4) is 5.75 Å². The lowest BCUT2D eigenvalue weighted by molar-refractivity contribution is -0.122. The van der Waals surface area contributed by atoms with E-state index >= 15 is 0 Å². The van der Waals surface area contributed by atoms with Gasteiger partial charge < -0.3 is 4.74 Å². The molecule has 2 amide bonds. The molecule has 0 atom stereocenters. The Morgan fingerprint density at radius 2 is 1.62 bits per heavy atom. The second kappa shape index (κ2) is 10.7. The lowest BCUT2D eigenvalue weighted by Gasteiger charge is -2.29. The van der Waals surface area contributed by atoms with Gasteiger partial charge in [0.1, 0.15) is 17.9 Å². The standard InChI is InChI=1S/C30H23BrN2O3S/c1-2-19-9-14-23(15-10-19)33-29(35)26(28(34)32-30(33)37)17-25-24-6-4-3-5-21(24)11-16-27(25)36-18-20-7-12-22(31)13-8-20/h3-17H,2,18H2,1H3,(H,32,34,37)/b26-17+. The SMILES string of the molecule is CCc1ccc(N2C(=O)/C(=C/c3c(OCc4ccc(Br)cc4)ccc4ccccc34)C(=O)NC2=S)cc1. The lowest BCUT2D eigenvalue weighted by Crippen LogP contribution is -2.54. The van der Waals surface area contributed by atoms with Gasteiger partial charge in [0.15, 0.2) is 5.11 Å². The Kier molecular flexibility index (Phi) is 7.17. The van der Waals surface area contributed by atoms with Crippen molar-refractivity contribution in [1.29, 1.82) is 0 Å². The first-order valence-corrected chi connectivity index (χ1v) is 13.0. The normalized spacial score (nSPS) is 14.8. The summed E-state index contributed by atoms with van der Waals surface area (Å²) in [6.45, 7) is 2.40. The van der Waals surface area contributed by atoms with Gasteiger partial charge in [0.2, 0.25) is 0 Å². The number of aryl methyl sites for hydroxylation is 1. The molecule has 4 aromatic rings. The molecule has 0 aliphatic carbocycles. The van der Waals surface area contributed by atoms with E-state index in [4.69, 9.17) is 17.0 Å². The molecule has 184 valence electrons. The van der Waals surface area contributed by atoms with Crippen LogP contribution in [0.25, 0.3) is 16.8 Å². The quantitative estimate of drug-likeness (QED) is 0.162. The van der Waals surface area contributed by atoms with Crippen molar-refractivity contribution >= 4 is 67.6 Å². The molecule has 0 spiro atoms. The summed E-state index contributed by atoms with van der Waals surface area (Å²) >= 11 is 8.82. The van der Waals surface area contributed by atoms with E-state index in [1.807, 2.05) is 84.9 Å². The highest BCUT2D eigenvalue weighted by atomic mass is 79.9. The van der Waals surface area contributed by atoms with Crippen LogP contribution in [-0.2, 0) is 22.6 Å². The van der Waals surface area contributed by atoms with Gasteiger partial charge in [-0.05, 0) is 76.9 Å². The van der Waals surface area contributed by atoms with Gasteiger partial charge in [-0.1, -0.05) is 77.5 Å². The largest absolute Gasteiger partial charge is 0.488 e. The van der Waals surface area contributed by atoms with Gasteiger partial charge in [-0.15, -0.1) is 0 Å². The zero-order valence-corrected chi connectivity index (χ0v) is 22.4. The minimum Gasteiger partial charge on any atom is -0.488 e. The number of amides is 2. The molecule has 5 nitrogen and oxygen atoms in total. The van der Waals surface area contributed by atoms with E-state index in [2.05, 4.69) is 28.2 Å². The van der Waals surface area contributed by atoms with E-state index in [9.17, 15) is 9.59 Å². The van der Waals surface area contributed by atoms with Crippen molar-refractivity contribution in [2.24, 2.45) is 0 Å². The monoisotopic (exact) mass is 570 g/mol. The van der Waals surface area contributed by atoms with Gasteiger partial charge in [-0.25, -0.2) is 0 Å². The summed E-state index contributed by atoms with van der Waals surface area (Å²) in [5.74, 6) is -0.449. The molecule has 0 radical (unpaired) electrons. The van der Waals surface area contributed by atoms with E-state index in [1.165, 1.54) is 4.90 Å². The van der Waals surface area contributed by atoms with Crippen LogP contribution in [0, 0.1) is 0 Å². The highest BCUT2D eigenvalue weighted by molar-refractivity contribution is 9.10. The van der Waals surface area contributed by atoms with Crippen molar-refractivity contribution in [2.45, 2.75) is 20.0 Å². The maximum absolute atomic E-state index is 13.6. The van der Waals surface area contributed by atoms with E-state index in [1.54, 1.807) is 6.08 Å². The van der Waals surface area contributed by atoms with E-state index in [0.717, 1.165) is 32.8 Å². The van der Waals surface area contributed by atoms with Gasteiger partial charge >= 0.3 is 0 Å². The topological polar surface area (TPSA) is 58.6 Å². The molecule has 7 heteroatoms. The maximum Gasteiger partial charge on any atom is 0.270 e. The molecule has 37 heavy (non-hydrogen) atoms. The third-order valence-corrected chi connectivity index (χ3v) is 7.04. The van der Waals surface area contributed by atoms with Crippen LogP contribution in [0.15, 0.2) is 95.0 Å². The molecule has 4 aromatic carbocycles.